The zero-order valence-corrected chi connectivity index (χ0v) is 12.0. The number of aromatic carboxylic acids is 1. The molecule has 1 heterocycles. The summed E-state index contributed by atoms with van der Waals surface area (Å²) in [5.74, 6) is 0.0356. The van der Waals surface area contributed by atoms with Crippen molar-refractivity contribution in [3.63, 3.8) is 0 Å². The Morgan fingerprint density at radius 2 is 1.81 bits per heavy atom. The fourth-order valence-electron chi connectivity index (χ4n) is 1.67. The Hall–Kier alpha value is -2.47. The Bertz CT molecular complexity index is 652. The van der Waals surface area contributed by atoms with E-state index >= 15 is 0 Å². The molecule has 0 aliphatic rings. The molecule has 6 nitrogen and oxygen atoms in total. The first-order valence-electron chi connectivity index (χ1n) is 5.85. The molecule has 0 fully saturated rings. The molecule has 110 valence electrons. The van der Waals surface area contributed by atoms with Crippen molar-refractivity contribution in [2.24, 2.45) is 0 Å². The van der Waals surface area contributed by atoms with Crippen LogP contribution in [0.2, 0.25) is 5.15 Å². The lowest BCUT2D eigenvalue weighted by atomic mass is 10.2. The number of rotatable bonds is 5. The van der Waals surface area contributed by atoms with Gasteiger partial charge in [0.25, 0.3) is 0 Å². The molecule has 0 bridgehead atoms. The molecule has 1 N–H and O–H groups in total. The minimum atomic E-state index is -1.13. The lowest BCUT2D eigenvalue weighted by Gasteiger charge is -2.13. The number of aromatic nitrogens is 1. The molecule has 0 aliphatic heterocycles. The molecule has 0 atom stereocenters. The minimum Gasteiger partial charge on any atom is -0.493 e. The van der Waals surface area contributed by atoms with Crippen LogP contribution in [-0.2, 0) is 0 Å². The van der Waals surface area contributed by atoms with Gasteiger partial charge in [-0.1, -0.05) is 17.7 Å². The van der Waals surface area contributed by atoms with Crippen LogP contribution in [0.25, 0.3) is 0 Å². The molecular formula is C14H12ClNO5. The topological polar surface area (TPSA) is 77.9 Å². The SMILES string of the molecule is COc1cccc(OC)c1Oc1cc(C(=O)O)cc(Cl)n1. The standard InChI is InChI=1S/C14H12ClNO5/c1-19-9-4-3-5-10(20-2)13(9)21-12-7-8(14(17)18)6-11(15)16-12/h3-7H,1-2H3,(H,17,18). The summed E-state index contributed by atoms with van der Waals surface area (Å²) < 4.78 is 16.0. The van der Waals surface area contributed by atoms with Gasteiger partial charge in [0, 0.05) is 6.07 Å². The van der Waals surface area contributed by atoms with E-state index in [0.717, 1.165) is 0 Å². The lowest BCUT2D eigenvalue weighted by Crippen LogP contribution is -2.00. The van der Waals surface area contributed by atoms with E-state index in [9.17, 15) is 4.79 Å². The van der Waals surface area contributed by atoms with Gasteiger partial charge in [0.2, 0.25) is 11.6 Å². The summed E-state index contributed by atoms with van der Waals surface area (Å²) in [6.45, 7) is 0. The fraction of sp³-hybridized carbons (Fsp3) is 0.143. The number of para-hydroxylation sites is 1. The number of halogens is 1. The van der Waals surface area contributed by atoms with Crippen molar-refractivity contribution >= 4 is 17.6 Å². The number of carboxylic acids is 1. The Kier molecular flexibility index (Phi) is 4.49. The van der Waals surface area contributed by atoms with Crippen LogP contribution in [-0.4, -0.2) is 30.3 Å². The first-order valence-corrected chi connectivity index (χ1v) is 6.22. The summed E-state index contributed by atoms with van der Waals surface area (Å²) in [6, 6.07) is 7.59. The van der Waals surface area contributed by atoms with E-state index in [1.54, 1.807) is 18.2 Å². The number of hydrogen-bond donors (Lipinski definition) is 1. The number of benzene rings is 1. The largest absolute Gasteiger partial charge is 0.493 e. The van der Waals surface area contributed by atoms with Crippen LogP contribution in [0.15, 0.2) is 30.3 Å². The quantitative estimate of drug-likeness (QED) is 0.854. The first-order chi connectivity index (χ1) is 10.0. The zero-order chi connectivity index (χ0) is 15.4. The van der Waals surface area contributed by atoms with Crippen molar-refractivity contribution in [3.8, 4) is 23.1 Å². The van der Waals surface area contributed by atoms with Gasteiger partial charge in [-0.05, 0) is 18.2 Å². The highest BCUT2D eigenvalue weighted by molar-refractivity contribution is 6.29. The van der Waals surface area contributed by atoms with E-state index in [2.05, 4.69) is 4.98 Å². The number of hydrogen-bond acceptors (Lipinski definition) is 5. The Balaban J connectivity index is 2.45. The normalized spacial score (nSPS) is 10.0. The third-order valence-electron chi connectivity index (χ3n) is 2.61. The average Bonchev–Trinajstić information content (AvgIpc) is 2.46. The van der Waals surface area contributed by atoms with Crippen LogP contribution < -0.4 is 14.2 Å². The van der Waals surface area contributed by atoms with Gasteiger partial charge in [0.1, 0.15) is 5.15 Å². The van der Waals surface area contributed by atoms with Crippen LogP contribution in [0.4, 0.5) is 0 Å². The van der Waals surface area contributed by atoms with Gasteiger partial charge in [-0.3, -0.25) is 0 Å². The predicted octanol–water partition coefficient (Wildman–Crippen LogP) is 3.24. The van der Waals surface area contributed by atoms with E-state index in [-0.39, 0.29) is 22.3 Å². The van der Waals surface area contributed by atoms with E-state index in [1.807, 2.05) is 0 Å². The number of ether oxygens (including phenoxy) is 3. The maximum absolute atomic E-state index is 11.0. The highest BCUT2D eigenvalue weighted by Crippen LogP contribution is 2.39. The third kappa shape index (κ3) is 3.35. The second-order valence-electron chi connectivity index (χ2n) is 3.92. The molecule has 0 saturated heterocycles. The maximum atomic E-state index is 11.0. The molecule has 0 saturated carbocycles. The molecule has 0 unspecified atom stereocenters. The molecule has 2 rings (SSSR count). The summed E-state index contributed by atoms with van der Waals surface area (Å²) in [5, 5.41) is 9.02. The van der Waals surface area contributed by atoms with Gasteiger partial charge < -0.3 is 19.3 Å². The van der Waals surface area contributed by atoms with Crippen LogP contribution in [0, 0.1) is 0 Å². The van der Waals surface area contributed by atoms with Crippen LogP contribution in [0.1, 0.15) is 10.4 Å². The summed E-state index contributed by atoms with van der Waals surface area (Å²) >= 11 is 5.79. The van der Waals surface area contributed by atoms with Crippen molar-refractivity contribution in [1.82, 2.24) is 4.98 Å². The first kappa shape index (κ1) is 14.9. The van der Waals surface area contributed by atoms with Gasteiger partial charge in [0.15, 0.2) is 11.5 Å². The van der Waals surface area contributed by atoms with Crippen LogP contribution in [0.5, 0.6) is 23.1 Å². The number of carbonyl (C=O) groups is 1. The fourth-order valence-corrected chi connectivity index (χ4v) is 1.87. The Morgan fingerprint density at radius 1 is 1.19 bits per heavy atom. The summed E-state index contributed by atoms with van der Waals surface area (Å²) in [6.07, 6.45) is 0. The number of methoxy groups -OCH3 is 2. The molecular weight excluding hydrogens is 298 g/mol. The van der Waals surface area contributed by atoms with Gasteiger partial charge in [-0.15, -0.1) is 0 Å². The summed E-state index contributed by atoms with van der Waals surface area (Å²) in [4.78, 5) is 14.9. The van der Waals surface area contributed by atoms with E-state index in [1.165, 1.54) is 26.4 Å². The number of nitrogens with zero attached hydrogens (tertiary/aromatic N) is 1. The van der Waals surface area contributed by atoms with Crippen LogP contribution in [0.3, 0.4) is 0 Å². The highest BCUT2D eigenvalue weighted by Gasteiger charge is 2.15. The average molecular weight is 310 g/mol. The lowest BCUT2D eigenvalue weighted by molar-refractivity contribution is 0.0696. The third-order valence-corrected chi connectivity index (χ3v) is 2.80. The van der Waals surface area contributed by atoms with Crippen molar-refractivity contribution in [2.45, 2.75) is 0 Å². The van der Waals surface area contributed by atoms with Crippen molar-refractivity contribution in [2.75, 3.05) is 14.2 Å². The molecule has 0 amide bonds. The zero-order valence-electron chi connectivity index (χ0n) is 11.3. The smallest absolute Gasteiger partial charge is 0.335 e. The molecule has 7 heteroatoms. The molecule has 1 aromatic carbocycles. The summed E-state index contributed by atoms with van der Waals surface area (Å²) in [5.41, 5.74) is -0.0288. The Labute approximate surface area is 125 Å². The summed E-state index contributed by atoms with van der Waals surface area (Å²) in [7, 11) is 2.96. The van der Waals surface area contributed by atoms with Gasteiger partial charge in [-0.2, -0.15) is 0 Å². The molecule has 1 aromatic heterocycles. The number of pyridine rings is 1. The second-order valence-corrected chi connectivity index (χ2v) is 4.30. The van der Waals surface area contributed by atoms with Gasteiger partial charge in [0.05, 0.1) is 19.8 Å². The molecule has 0 aliphatic carbocycles. The van der Waals surface area contributed by atoms with Gasteiger partial charge in [-0.25, -0.2) is 9.78 Å². The van der Waals surface area contributed by atoms with E-state index < -0.39 is 5.97 Å². The van der Waals surface area contributed by atoms with E-state index in [0.29, 0.717) is 11.5 Å². The molecule has 21 heavy (non-hydrogen) atoms. The Morgan fingerprint density at radius 3 is 2.33 bits per heavy atom. The number of carboxylic acid groups (broad SMARTS) is 1. The van der Waals surface area contributed by atoms with Crippen molar-refractivity contribution in [1.29, 1.82) is 0 Å². The van der Waals surface area contributed by atoms with E-state index in [4.69, 9.17) is 30.9 Å². The molecule has 0 radical (unpaired) electrons. The highest BCUT2D eigenvalue weighted by atomic mass is 35.5. The molecule has 0 spiro atoms. The monoisotopic (exact) mass is 309 g/mol. The molecule has 2 aromatic rings. The maximum Gasteiger partial charge on any atom is 0.335 e. The van der Waals surface area contributed by atoms with Gasteiger partial charge >= 0.3 is 5.97 Å². The minimum absolute atomic E-state index is 0.0127. The van der Waals surface area contributed by atoms with Crippen LogP contribution >= 0.6 is 11.6 Å². The van der Waals surface area contributed by atoms with Crippen molar-refractivity contribution < 1.29 is 24.1 Å². The predicted molar refractivity (Wildman–Crippen MR) is 75.8 cm³/mol. The second kappa shape index (κ2) is 6.32. The van der Waals surface area contributed by atoms with Crippen molar-refractivity contribution in [3.05, 3.63) is 41.0 Å².